The molecular formula is C12H14BrN3O2S2. The molecule has 0 amide bonds. The van der Waals surface area contributed by atoms with Gasteiger partial charge in [0.05, 0.1) is 28.0 Å². The second-order valence-electron chi connectivity index (χ2n) is 4.15. The summed E-state index contributed by atoms with van der Waals surface area (Å²) in [4.78, 5) is 14.9. The van der Waals surface area contributed by atoms with E-state index in [-0.39, 0.29) is 6.42 Å². The first-order chi connectivity index (χ1) is 9.51. The summed E-state index contributed by atoms with van der Waals surface area (Å²) < 4.78 is 3.81. The van der Waals surface area contributed by atoms with E-state index in [2.05, 4.69) is 32.9 Å². The van der Waals surface area contributed by atoms with Gasteiger partial charge >= 0.3 is 5.97 Å². The first-order valence-corrected chi connectivity index (χ1v) is 8.66. The zero-order valence-electron chi connectivity index (χ0n) is 11.1. The third kappa shape index (κ3) is 3.62. The molecule has 0 aliphatic heterocycles. The number of thiazole rings is 1. The minimum absolute atomic E-state index is 0.0214. The predicted molar refractivity (Wildman–Crippen MR) is 83.3 cm³/mol. The molecule has 0 aliphatic rings. The molecule has 0 unspecified atom stereocenters. The van der Waals surface area contributed by atoms with Crippen LogP contribution in [0, 0.1) is 0 Å². The number of aryl methyl sites for hydroxylation is 2. The van der Waals surface area contributed by atoms with Crippen LogP contribution in [0.2, 0.25) is 0 Å². The Morgan fingerprint density at radius 1 is 1.60 bits per heavy atom. The van der Waals surface area contributed by atoms with Crippen molar-refractivity contribution in [3.8, 4) is 0 Å². The Morgan fingerprint density at radius 2 is 2.35 bits per heavy atom. The summed E-state index contributed by atoms with van der Waals surface area (Å²) >= 11 is 6.66. The second-order valence-corrected chi connectivity index (χ2v) is 7.02. The number of thioether (sulfide) groups is 1. The Balaban J connectivity index is 2.03. The molecule has 0 spiro atoms. The van der Waals surface area contributed by atoms with Gasteiger partial charge in [-0.15, -0.1) is 11.3 Å². The third-order valence-corrected chi connectivity index (χ3v) is 5.69. The maximum absolute atomic E-state index is 10.6. The van der Waals surface area contributed by atoms with E-state index in [0.717, 1.165) is 32.4 Å². The van der Waals surface area contributed by atoms with Gasteiger partial charge < -0.3 is 5.11 Å². The summed E-state index contributed by atoms with van der Waals surface area (Å²) in [6.07, 6.45) is 0.867. The highest BCUT2D eigenvalue weighted by Crippen LogP contribution is 2.30. The molecule has 1 N–H and O–H groups in total. The van der Waals surface area contributed by atoms with Gasteiger partial charge in [-0.25, -0.2) is 4.98 Å². The number of nitrogens with zero attached hydrogens (tertiary/aromatic N) is 3. The van der Waals surface area contributed by atoms with Crippen molar-refractivity contribution >= 4 is 45.0 Å². The van der Waals surface area contributed by atoms with Crippen molar-refractivity contribution in [1.82, 2.24) is 14.8 Å². The van der Waals surface area contributed by atoms with Crippen molar-refractivity contribution in [1.29, 1.82) is 0 Å². The van der Waals surface area contributed by atoms with E-state index in [0.29, 0.717) is 5.69 Å². The standard InChI is InChI=1S/C12H14BrN3O2S2/c1-3-8-11(13)9(16(2)15-8)6-20-12-14-7(5-19-12)4-10(17)18/h5H,3-4,6H2,1-2H3,(H,17,18). The Morgan fingerprint density at radius 3 is 2.95 bits per heavy atom. The lowest BCUT2D eigenvalue weighted by atomic mass is 10.3. The molecule has 0 radical (unpaired) electrons. The Kier molecular flexibility index (Phi) is 5.22. The van der Waals surface area contributed by atoms with Crippen molar-refractivity contribution < 1.29 is 9.90 Å². The maximum Gasteiger partial charge on any atom is 0.309 e. The van der Waals surface area contributed by atoms with E-state index in [1.165, 1.54) is 11.3 Å². The molecule has 0 aliphatic carbocycles. The highest BCUT2D eigenvalue weighted by Gasteiger charge is 2.14. The molecule has 0 bridgehead atoms. The molecule has 0 atom stereocenters. The second kappa shape index (κ2) is 6.73. The molecule has 0 fully saturated rings. The van der Waals surface area contributed by atoms with Crippen molar-refractivity contribution in [3.05, 3.63) is 26.9 Å². The summed E-state index contributed by atoms with van der Waals surface area (Å²) in [5.41, 5.74) is 2.78. The van der Waals surface area contributed by atoms with Gasteiger partial charge in [0.25, 0.3) is 0 Å². The molecule has 2 rings (SSSR count). The van der Waals surface area contributed by atoms with Crippen molar-refractivity contribution in [3.63, 3.8) is 0 Å². The van der Waals surface area contributed by atoms with Crippen LogP contribution >= 0.6 is 39.0 Å². The summed E-state index contributed by atoms with van der Waals surface area (Å²) in [5.74, 6) is -0.0989. The summed E-state index contributed by atoms with van der Waals surface area (Å²) in [6.45, 7) is 2.07. The van der Waals surface area contributed by atoms with Crippen LogP contribution in [0.15, 0.2) is 14.2 Å². The number of carboxylic acid groups (broad SMARTS) is 1. The lowest BCUT2D eigenvalue weighted by molar-refractivity contribution is -0.136. The first-order valence-electron chi connectivity index (χ1n) is 6.00. The summed E-state index contributed by atoms with van der Waals surface area (Å²) in [6, 6.07) is 0. The van der Waals surface area contributed by atoms with Crippen molar-refractivity contribution in [2.75, 3.05) is 0 Å². The fourth-order valence-electron chi connectivity index (χ4n) is 1.70. The van der Waals surface area contributed by atoms with Crippen LogP contribution in [0.5, 0.6) is 0 Å². The van der Waals surface area contributed by atoms with Crippen LogP contribution in [-0.4, -0.2) is 25.8 Å². The Labute approximate surface area is 133 Å². The Bertz CT molecular complexity index is 624. The number of carboxylic acids is 1. The van der Waals surface area contributed by atoms with E-state index >= 15 is 0 Å². The smallest absolute Gasteiger partial charge is 0.309 e. The predicted octanol–water partition coefficient (Wildman–Crippen LogP) is 3.12. The number of aromatic nitrogens is 3. The van der Waals surface area contributed by atoms with Gasteiger partial charge in [0.1, 0.15) is 0 Å². The van der Waals surface area contributed by atoms with Gasteiger partial charge in [-0.2, -0.15) is 5.10 Å². The Hall–Kier alpha value is -0.860. The van der Waals surface area contributed by atoms with Crippen LogP contribution < -0.4 is 0 Å². The molecule has 108 valence electrons. The van der Waals surface area contributed by atoms with Gasteiger partial charge in [-0.1, -0.05) is 18.7 Å². The number of rotatable bonds is 6. The minimum atomic E-state index is -0.853. The monoisotopic (exact) mass is 375 g/mol. The number of aliphatic carboxylic acids is 1. The van der Waals surface area contributed by atoms with Gasteiger partial charge in [-0.05, 0) is 22.4 Å². The normalized spacial score (nSPS) is 10.9. The van der Waals surface area contributed by atoms with Crippen LogP contribution in [0.25, 0.3) is 0 Å². The topological polar surface area (TPSA) is 68.0 Å². The lowest BCUT2D eigenvalue weighted by Crippen LogP contribution is -2.00. The summed E-state index contributed by atoms with van der Waals surface area (Å²) in [5, 5.41) is 15.0. The highest BCUT2D eigenvalue weighted by molar-refractivity contribution is 9.10. The van der Waals surface area contributed by atoms with E-state index < -0.39 is 5.97 Å². The van der Waals surface area contributed by atoms with Crippen molar-refractivity contribution in [2.24, 2.45) is 7.05 Å². The molecule has 20 heavy (non-hydrogen) atoms. The van der Waals surface area contributed by atoms with Gasteiger partial charge in [-0.3, -0.25) is 9.48 Å². The lowest BCUT2D eigenvalue weighted by Gasteiger charge is -2.00. The molecule has 0 saturated carbocycles. The maximum atomic E-state index is 10.6. The minimum Gasteiger partial charge on any atom is -0.481 e. The highest BCUT2D eigenvalue weighted by atomic mass is 79.9. The number of carbonyl (C=O) groups is 1. The van der Waals surface area contributed by atoms with E-state index in [4.69, 9.17) is 5.11 Å². The van der Waals surface area contributed by atoms with Crippen LogP contribution in [0.1, 0.15) is 24.0 Å². The van der Waals surface area contributed by atoms with Crippen LogP contribution in [-0.2, 0) is 30.4 Å². The molecule has 5 nitrogen and oxygen atoms in total. The molecule has 2 aromatic heterocycles. The number of hydrogen-bond donors (Lipinski definition) is 1. The van der Waals surface area contributed by atoms with Gasteiger partial charge in [0.2, 0.25) is 0 Å². The number of halogens is 1. The average molecular weight is 376 g/mol. The fourth-order valence-corrected chi connectivity index (χ4v) is 4.55. The zero-order chi connectivity index (χ0) is 14.7. The van der Waals surface area contributed by atoms with Crippen molar-refractivity contribution in [2.45, 2.75) is 29.9 Å². The average Bonchev–Trinajstić information content (AvgIpc) is 2.92. The summed E-state index contributed by atoms with van der Waals surface area (Å²) in [7, 11) is 1.93. The quantitative estimate of drug-likeness (QED) is 0.785. The van der Waals surface area contributed by atoms with Gasteiger partial charge in [0, 0.05) is 18.2 Å². The van der Waals surface area contributed by atoms with Gasteiger partial charge in [0.15, 0.2) is 4.34 Å². The van der Waals surface area contributed by atoms with E-state index in [1.54, 1.807) is 17.1 Å². The SMILES string of the molecule is CCc1nn(C)c(CSc2nc(CC(=O)O)cs2)c1Br. The van der Waals surface area contributed by atoms with Crippen LogP contribution in [0.3, 0.4) is 0 Å². The zero-order valence-corrected chi connectivity index (χ0v) is 14.3. The van der Waals surface area contributed by atoms with E-state index in [1.807, 2.05) is 11.7 Å². The molecule has 2 heterocycles. The molecule has 8 heteroatoms. The molecule has 2 aromatic rings. The molecular weight excluding hydrogens is 362 g/mol. The van der Waals surface area contributed by atoms with E-state index in [9.17, 15) is 4.79 Å². The fraction of sp³-hybridized carbons (Fsp3) is 0.417. The molecule has 0 saturated heterocycles. The number of hydrogen-bond acceptors (Lipinski definition) is 5. The third-order valence-electron chi connectivity index (χ3n) is 2.70. The molecule has 0 aromatic carbocycles. The van der Waals surface area contributed by atoms with Crippen LogP contribution in [0.4, 0.5) is 0 Å². The largest absolute Gasteiger partial charge is 0.481 e. The first kappa shape index (κ1) is 15.5.